The average Bonchev–Trinajstić information content (AvgIpc) is 2.98. The summed E-state index contributed by atoms with van der Waals surface area (Å²) in [5.41, 5.74) is 0.988. The molecule has 1 aromatic carbocycles. The topological polar surface area (TPSA) is 51.5 Å². The lowest BCUT2D eigenvalue weighted by molar-refractivity contribution is -0.117. The molecule has 5 heteroatoms. The van der Waals surface area contributed by atoms with Gasteiger partial charge in [0.15, 0.2) is 0 Å². The Morgan fingerprint density at radius 3 is 2.86 bits per heavy atom. The van der Waals surface area contributed by atoms with Gasteiger partial charge in [0, 0.05) is 6.08 Å². The van der Waals surface area contributed by atoms with Crippen LogP contribution >= 0.6 is 15.9 Å². The van der Waals surface area contributed by atoms with E-state index in [-0.39, 0.29) is 11.9 Å². The predicted molar refractivity (Wildman–Crippen MR) is 85.0 cm³/mol. The standard InChI is InChI=1S/C16H16BrNO3/c1-11(12-5-7-15(20-2)14(17)10-12)18-16(19)8-6-13-4-3-9-21-13/h3-11H,1-2H3,(H,18,19)/b8-6+/t11-/m1/s1. The molecule has 0 unspecified atom stereocenters. The number of carbonyl (C=O) groups is 1. The lowest BCUT2D eigenvalue weighted by Crippen LogP contribution is -2.24. The largest absolute Gasteiger partial charge is 0.496 e. The summed E-state index contributed by atoms with van der Waals surface area (Å²) in [6.45, 7) is 1.92. The Balaban J connectivity index is 1.99. The molecule has 0 spiro atoms. The molecule has 0 fully saturated rings. The molecule has 0 radical (unpaired) electrons. The number of rotatable bonds is 5. The van der Waals surface area contributed by atoms with Crippen LogP contribution < -0.4 is 10.1 Å². The quantitative estimate of drug-likeness (QED) is 0.831. The minimum absolute atomic E-state index is 0.110. The SMILES string of the molecule is COc1ccc([C@@H](C)NC(=O)/C=C/c2ccco2)cc1Br. The van der Waals surface area contributed by atoms with Gasteiger partial charge in [-0.05, 0) is 58.8 Å². The van der Waals surface area contributed by atoms with Crippen LogP contribution in [0.4, 0.5) is 0 Å². The molecule has 1 heterocycles. The second-order valence-electron chi connectivity index (χ2n) is 4.47. The fraction of sp³-hybridized carbons (Fsp3) is 0.188. The van der Waals surface area contributed by atoms with Gasteiger partial charge in [-0.25, -0.2) is 0 Å². The Morgan fingerprint density at radius 2 is 2.24 bits per heavy atom. The van der Waals surface area contributed by atoms with Crippen LogP contribution in [-0.2, 0) is 4.79 Å². The highest BCUT2D eigenvalue weighted by Gasteiger charge is 2.10. The van der Waals surface area contributed by atoms with Gasteiger partial charge >= 0.3 is 0 Å². The highest BCUT2D eigenvalue weighted by Crippen LogP contribution is 2.27. The van der Waals surface area contributed by atoms with Gasteiger partial charge in [0.25, 0.3) is 0 Å². The van der Waals surface area contributed by atoms with Crippen LogP contribution in [0.2, 0.25) is 0 Å². The first-order valence-corrected chi connectivity index (χ1v) is 7.25. The first-order chi connectivity index (χ1) is 10.1. The monoisotopic (exact) mass is 349 g/mol. The zero-order chi connectivity index (χ0) is 15.2. The number of carbonyl (C=O) groups excluding carboxylic acids is 1. The van der Waals surface area contributed by atoms with E-state index in [0.717, 1.165) is 15.8 Å². The molecule has 2 rings (SSSR count). The van der Waals surface area contributed by atoms with Crippen molar-refractivity contribution in [3.63, 3.8) is 0 Å². The predicted octanol–water partition coefficient (Wildman–Crippen LogP) is 3.94. The molecule has 1 amide bonds. The smallest absolute Gasteiger partial charge is 0.244 e. The average molecular weight is 350 g/mol. The minimum atomic E-state index is -0.175. The Bertz CT molecular complexity index is 635. The van der Waals surface area contributed by atoms with Crippen molar-refractivity contribution < 1.29 is 13.9 Å². The van der Waals surface area contributed by atoms with Crippen LogP contribution in [0.3, 0.4) is 0 Å². The van der Waals surface area contributed by atoms with Crippen molar-refractivity contribution >= 4 is 27.9 Å². The Labute approximate surface area is 131 Å². The number of furan rings is 1. The molecule has 2 aromatic rings. The molecule has 1 aromatic heterocycles. The zero-order valence-electron chi connectivity index (χ0n) is 11.8. The molecule has 1 atom stereocenters. The van der Waals surface area contributed by atoms with Crippen molar-refractivity contribution in [3.8, 4) is 5.75 Å². The van der Waals surface area contributed by atoms with E-state index >= 15 is 0 Å². The number of methoxy groups -OCH3 is 1. The Hall–Kier alpha value is -2.01. The van der Waals surface area contributed by atoms with Gasteiger partial charge in [-0.1, -0.05) is 6.07 Å². The normalized spacial score (nSPS) is 12.3. The van der Waals surface area contributed by atoms with Crippen LogP contribution in [0.5, 0.6) is 5.75 Å². The molecular weight excluding hydrogens is 334 g/mol. The van der Waals surface area contributed by atoms with Gasteiger partial charge < -0.3 is 14.5 Å². The number of nitrogens with one attached hydrogen (secondary N) is 1. The van der Waals surface area contributed by atoms with Crippen LogP contribution in [0.1, 0.15) is 24.3 Å². The Kier molecular flexibility index (Phi) is 5.22. The van der Waals surface area contributed by atoms with Crippen LogP contribution in [0, 0.1) is 0 Å². The van der Waals surface area contributed by atoms with Gasteiger partial charge in [0.1, 0.15) is 11.5 Å². The van der Waals surface area contributed by atoms with E-state index in [2.05, 4.69) is 21.2 Å². The number of amides is 1. The third-order valence-electron chi connectivity index (χ3n) is 2.98. The molecule has 0 bridgehead atoms. The molecular formula is C16H16BrNO3. The lowest BCUT2D eigenvalue weighted by atomic mass is 10.1. The maximum Gasteiger partial charge on any atom is 0.244 e. The summed E-state index contributed by atoms with van der Waals surface area (Å²) in [4.78, 5) is 11.9. The summed E-state index contributed by atoms with van der Waals surface area (Å²) in [5.74, 6) is 1.23. The van der Waals surface area contributed by atoms with Crippen LogP contribution in [0.15, 0.2) is 51.6 Å². The number of ether oxygens (including phenoxy) is 1. The highest BCUT2D eigenvalue weighted by atomic mass is 79.9. The first kappa shape index (κ1) is 15.4. The van der Waals surface area contributed by atoms with Crippen molar-refractivity contribution in [2.24, 2.45) is 0 Å². The second-order valence-corrected chi connectivity index (χ2v) is 5.33. The van der Waals surface area contributed by atoms with Crippen molar-refractivity contribution in [1.82, 2.24) is 5.32 Å². The highest BCUT2D eigenvalue weighted by molar-refractivity contribution is 9.10. The van der Waals surface area contributed by atoms with Crippen molar-refractivity contribution in [2.45, 2.75) is 13.0 Å². The maximum atomic E-state index is 11.9. The minimum Gasteiger partial charge on any atom is -0.496 e. The fourth-order valence-electron chi connectivity index (χ4n) is 1.84. The van der Waals surface area contributed by atoms with E-state index < -0.39 is 0 Å². The molecule has 4 nitrogen and oxygen atoms in total. The summed E-state index contributed by atoms with van der Waals surface area (Å²) in [7, 11) is 1.62. The number of hydrogen-bond acceptors (Lipinski definition) is 3. The third-order valence-corrected chi connectivity index (χ3v) is 3.60. The van der Waals surface area contributed by atoms with Crippen LogP contribution in [-0.4, -0.2) is 13.0 Å². The number of halogens is 1. The summed E-state index contributed by atoms with van der Waals surface area (Å²) < 4.78 is 11.2. The summed E-state index contributed by atoms with van der Waals surface area (Å²) in [5, 5.41) is 2.89. The van der Waals surface area contributed by atoms with Crippen molar-refractivity contribution in [1.29, 1.82) is 0 Å². The van der Waals surface area contributed by atoms with Gasteiger partial charge in [0.05, 0.1) is 23.9 Å². The maximum absolute atomic E-state index is 11.9. The van der Waals surface area contributed by atoms with Crippen molar-refractivity contribution in [3.05, 3.63) is 58.5 Å². The summed E-state index contributed by atoms with van der Waals surface area (Å²) in [6.07, 6.45) is 4.65. The van der Waals surface area contributed by atoms with E-state index in [4.69, 9.17) is 9.15 Å². The van der Waals surface area contributed by atoms with Gasteiger partial charge in [-0.15, -0.1) is 0 Å². The molecule has 0 saturated carbocycles. The van der Waals surface area contributed by atoms with Crippen LogP contribution in [0.25, 0.3) is 6.08 Å². The second kappa shape index (κ2) is 7.13. The third kappa shape index (κ3) is 4.23. The number of benzene rings is 1. The first-order valence-electron chi connectivity index (χ1n) is 6.45. The molecule has 21 heavy (non-hydrogen) atoms. The molecule has 0 aliphatic carbocycles. The number of hydrogen-bond donors (Lipinski definition) is 1. The van der Waals surface area contributed by atoms with Gasteiger partial charge in [-0.2, -0.15) is 0 Å². The van der Waals surface area contributed by atoms with E-state index in [1.165, 1.54) is 6.08 Å². The van der Waals surface area contributed by atoms with E-state index in [9.17, 15) is 4.79 Å². The summed E-state index contributed by atoms with van der Waals surface area (Å²) >= 11 is 3.43. The molecule has 1 N–H and O–H groups in total. The molecule has 0 aliphatic rings. The van der Waals surface area contributed by atoms with Gasteiger partial charge in [0.2, 0.25) is 5.91 Å². The summed E-state index contributed by atoms with van der Waals surface area (Å²) in [6, 6.07) is 9.16. The van der Waals surface area contributed by atoms with Crippen molar-refractivity contribution in [2.75, 3.05) is 7.11 Å². The molecule has 0 aliphatic heterocycles. The fourth-order valence-corrected chi connectivity index (χ4v) is 2.40. The molecule has 110 valence electrons. The van der Waals surface area contributed by atoms with Gasteiger partial charge in [-0.3, -0.25) is 4.79 Å². The lowest BCUT2D eigenvalue weighted by Gasteiger charge is -2.14. The van der Waals surface area contributed by atoms with E-state index in [1.54, 1.807) is 31.6 Å². The van der Waals surface area contributed by atoms with E-state index in [0.29, 0.717) is 5.76 Å². The molecule has 0 saturated heterocycles. The Morgan fingerprint density at radius 1 is 1.43 bits per heavy atom. The zero-order valence-corrected chi connectivity index (χ0v) is 13.4. The van der Waals surface area contributed by atoms with E-state index in [1.807, 2.05) is 25.1 Å².